The van der Waals surface area contributed by atoms with Gasteiger partial charge in [0.2, 0.25) is 0 Å². The van der Waals surface area contributed by atoms with E-state index in [1.54, 1.807) is 51.2 Å². The molecule has 10 nitrogen and oxygen atoms in total. The third-order valence-corrected chi connectivity index (χ3v) is 7.36. The van der Waals surface area contributed by atoms with Crippen LogP contribution in [0.25, 0.3) is 20.8 Å². The summed E-state index contributed by atoms with van der Waals surface area (Å²) in [6, 6.07) is 13.3. The Hall–Kier alpha value is -4.51. The molecule has 0 bridgehead atoms. The Kier molecular flexibility index (Phi) is 9.18. The van der Waals surface area contributed by atoms with E-state index < -0.39 is 36.3 Å². The van der Waals surface area contributed by atoms with Crippen LogP contribution in [0, 0.1) is 12.8 Å². The minimum absolute atomic E-state index is 0.0641. The molecule has 2 N–H and O–H groups in total. The molecule has 0 unspecified atom stereocenters. The normalized spacial score (nSPS) is 13.6. The Balaban J connectivity index is 1.45. The number of carbonyl (C=O) groups excluding carboxylic acids is 4. The molecule has 0 saturated heterocycles. The van der Waals surface area contributed by atoms with Gasteiger partial charge in [-0.15, -0.1) is 11.3 Å². The number of anilines is 1. The zero-order valence-corrected chi connectivity index (χ0v) is 24.3. The Bertz CT molecular complexity index is 1530. The van der Waals surface area contributed by atoms with E-state index in [0.29, 0.717) is 17.1 Å². The van der Waals surface area contributed by atoms with Crippen LogP contribution in [-0.4, -0.2) is 48.6 Å². The number of rotatable bonds is 9. The molecule has 214 valence electrons. The number of nitrogens with one attached hydrogen (secondary N) is 2. The minimum atomic E-state index is -1.42. The van der Waals surface area contributed by atoms with Gasteiger partial charge in [-0.2, -0.15) is 0 Å². The maximum atomic E-state index is 13.3. The molecule has 1 aromatic heterocycles. The van der Waals surface area contributed by atoms with Crippen LogP contribution in [0.2, 0.25) is 0 Å². The quantitative estimate of drug-likeness (QED) is 0.275. The minimum Gasteiger partial charge on any atom is -0.463 e. The van der Waals surface area contributed by atoms with Gasteiger partial charge in [-0.05, 0) is 76.6 Å². The SMILES string of the molecule is CCOC(=O)C1=C(C)NC(C)=C(C(=O)OCC)C1C(=O)OCC(=O)Nc1ccc(-c2nc3ccc(C)cc3s2)cc1. The van der Waals surface area contributed by atoms with Crippen molar-refractivity contribution in [2.75, 3.05) is 25.1 Å². The molecule has 0 aliphatic carbocycles. The van der Waals surface area contributed by atoms with E-state index in [-0.39, 0.29) is 24.4 Å². The molecule has 0 fully saturated rings. The highest BCUT2D eigenvalue weighted by molar-refractivity contribution is 7.21. The molecule has 0 saturated carbocycles. The van der Waals surface area contributed by atoms with Crippen molar-refractivity contribution in [3.05, 3.63) is 70.6 Å². The zero-order valence-electron chi connectivity index (χ0n) is 23.5. The smallest absolute Gasteiger partial charge is 0.337 e. The largest absolute Gasteiger partial charge is 0.463 e. The second kappa shape index (κ2) is 12.8. The summed E-state index contributed by atoms with van der Waals surface area (Å²) in [7, 11) is 0. The summed E-state index contributed by atoms with van der Waals surface area (Å²) < 4.78 is 16.6. The predicted molar refractivity (Wildman–Crippen MR) is 155 cm³/mol. The second-order valence-corrected chi connectivity index (χ2v) is 10.3. The number of fused-ring (bicyclic) bond motifs is 1. The first-order valence-electron chi connectivity index (χ1n) is 13.1. The third-order valence-electron chi connectivity index (χ3n) is 6.29. The Morgan fingerprint density at radius 2 is 1.49 bits per heavy atom. The maximum absolute atomic E-state index is 13.3. The third kappa shape index (κ3) is 6.63. The molecular formula is C30H31N3O7S. The first-order chi connectivity index (χ1) is 19.6. The number of ether oxygens (including phenoxy) is 3. The highest BCUT2D eigenvalue weighted by atomic mass is 32.1. The Labute approximate surface area is 241 Å². The highest BCUT2D eigenvalue weighted by Crippen LogP contribution is 2.33. The molecule has 0 radical (unpaired) electrons. The van der Waals surface area contributed by atoms with E-state index >= 15 is 0 Å². The number of carbonyl (C=O) groups is 4. The van der Waals surface area contributed by atoms with Crippen molar-refractivity contribution in [3.8, 4) is 10.6 Å². The lowest BCUT2D eigenvalue weighted by atomic mass is 9.85. The summed E-state index contributed by atoms with van der Waals surface area (Å²) in [6.07, 6.45) is 0. The average Bonchev–Trinajstić information content (AvgIpc) is 3.35. The van der Waals surface area contributed by atoms with Crippen LogP contribution in [0.4, 0.5) is 5.69 Å². The van der Waals surface area contributed by atoms with Crippen LogP contribution in [0.1, 0.15) is 33.3 Å². The van der Waals surface area contributed by atoms with Gasteiger partial charge in [0.25, 0.3) is 5.91 Å². The fourth-order valence-electron chi connectivity index (χ4n) is 4.46. The van der Waals surface area contributed by atoms with Crippen molar-refractivity contribution in [2.45, 2.75) is 34.6 Å². The Morgan fingerprint density at radius 1 is 0.878 bits per heavy atom. The van der Waals surface area contributed by atoms with Gasteiger partial charge in [0.15, 0.2) is 6.61 Å². The van der Waals surface area contributed by atoms with Crippen LogP contribution >= 0.6 is 11.3 Å². The molecule has 3 aromatic rings. The number of aryl methyl sites for hydroxylation is 1. The van der Waals surface area contributed by atoms with E-state index in [4.69, 9.17) is 14.2 Å². The van der Waals surface area contributed by atoms with Gasteiger partial charge in [0, 0.05) is 22.6 Å². The van der Waals surface area contributed by atoms with Crippen molar-refractivity contribution in [1.29, 1.82) is 0 Å². The van der Waals surface area contributed by atoms with E-state index in [1.807, 2.05) is 31.2 Å². The number of thiazole rings is 1. The average molecular weight is 578 g/mol. The maximum Gasteiger partial charge on any atom is 0.337 e. The van der Waals surface area contributed by atoms with Crippen LogP contribution in [0.15, 0.2) is 65.0 Å². The first kappa shape index (κ1) is 29.5. The number of hydrogen-bond donors (Lipinski definition) is 2. The lowest BCUT2D eigenvalue weighted by Gasteiger charge is -2.28. The fraction of sp³-hybridized carbons (Fsp3) is 0.300. The molecule has 0 spiro atoms. The van der Waals surface area contributed by atoms with Gasteiger partial charge in [-0.3, -0.25) is 9.59 Å². The molecular weight excluding hydrogens is 546 g/mol. The van der Waals surface area contributed by atoms with Crippen molar-refractivity contribution >= 4 is 51.1 Å². The molecule has 2 heterocycles. The predicted octanol–water partition coefficient (Wildman–Crippen LogP) is 4.65. The number of nitrogens with zero attached hydrogens (tertiary/aromatic N) is 1. The van der Waals surface area contributed by atoms with Gasteiger partial charge < -0.3 is 24.8 Å². The fourth-order valence-corrected chi connectivity index (χ4v) is 5.53. The molecule has 1 aliphatic rings. The number of esters is 3. The van der Waals surface area contributed by atoms with Crippen molar-refractivity contribution in [1.82, 2.24) is 10.3 Å². The van der Waals surface area contributed by atoms with Crippen LogP contribution in [-0.2, 0) is 33.4 Å². The number of amides is 1. The summed E-state index contributed by atoms with van der Waals surface area (Å²) in [5.74, 6) is -4.51. The summed E-state index contributed by atoms with van der Waals surface area (Å²) in [4.78, 5) is 56.1. The molecule has 1 amide bonds. The van der Waals surface area contributed by atoms with Gasteiger partial charge >= 0.3 is 17.9 Å². The molecule has 1 aliphatic heterocycles. The van der Waals surface area contributed by atoms with Crippen LogP contribution in [0.3, 0.4) is 0 Å². The summed E-state index contributed by atoms with van der Waals surface area (Å²) >= 11 is 1.59. The van der Waals surface area contributed by atoms with E-state index in [2.05, 4.69) is 21.7 Å². The van der Waals surface area contributed by atoms with Crippen molar-refractivity contribution in [3.63, 3.8) is 0 Å². The van der Waals surface area contributed by atoms with Crippen LogP contribution < -0.4 is 10.6 Å². The lowest BCUT2D eigenvalue weighted by Crippen LogP contribution is -2.39. The molecule has 0 atom stereocenters. The highest BCUT2D eigenvalue weighted by Gasteiger charge is 2.42. The summed E-state index contributed by atoms with van der Waals surface area (Å²) in [5.41, 5.74) is 4.01. The number of benzene rings is 2. The number of allylic oxidation sites excluding steroid dienone is 2. The zero-order chi connectivity index (χ0) is 29.7. The van der Waals surface area contributed by atoms with Crippen LogP contribution in [0.5, 0.6) is 0 Å². The topological polar surface area (TPSA) is 133 Å². The number of hydrogen-bond acceptors (Lipinski definition) is 10. The first-order valence-corrected chi connectivity index (χ1v) is 13.9. The molecule has 41 heavy (non-hydrogen) atoms. The monoisotopic (exact) mass is 577 g/mol. The van der Waals surface area contributed by atoms with Gasteiger partial charge in [0.05, 0.1) is 34.6 Å². The second-order valence-electron chi connectivity index (χ2n) is 9.30. The van der Waals surface area contributed by atoms with E-state index in [1.165, 1.54) is 0 Å². The molecule has 4 rings (SSSR count). The van der Waals surface area contributed by atoms with Gasteiger partial charge in [0.1, 0.15) is 10.9 Å². The number of aromatic nitrogens is 1. The van der Waals surface area contributed by atoms with Crippen molar-refractivity contribution < 1.29 is 33.4 Å². The van der Waals surface area contributed by atoms with Gasteiger partial charge in [-0.1, -0.05) is 6.07 Å². The Morgan fingerprint density at radius 3 is 2.07 bits per heavy atom. The summed E-state index contributed by atoms with van der Waals surface area (Å²) in [5, 5.41) is 6.48. The van der Waals surface area contributed by atoms with Gasteiger partial charge in [-0.25, -0.2) is 14.6 Å². The van der Waals surface area contributed by atoms with Crippen molar-refractivity contribution in [2.24, 2.45) is 5.92 Å². The number of dihydropyridines is 1. The van der Waals surface area contributed by atoms with E-state index in [0.717, 1.165) is 26.4 Å². The lowest BCUT2D eigenvalue weighted by molar-refractivity contribution is -0.153. The van der Waals surface area contributed by atoms with E-state index in [9.17, 15) is 19.2 Å². The molecule has 2 aromatic carbocycles. The standard InChI is InChI=1S/C30H31N3O7S/c1-6-38-28(35)24-17(4)31-18(5)25(29(36)39-7-2)26(24)30(37)40-15-23(34)32-20-11-9-19(10-12-20)27-33-21-13-8-16(3)14-22(21)41-27/h8-14,26,31H,6-7,15H2,1-5H3,(H,32,34). The molecule has 11 heteroatoms. The summed E-state index contributed by atoms with van der Waals surface area (Å²) in [6.45, 7) is 7.96.